The van der Waals surface area contributed by atoms with Crippen molar-refractivity contribution in [2.75, 3.05) is 6.54 Å². The number of nitrogens with one attached hydrogen (secondary N) is 1. The molecule has 2 aliphatic rings. The van der Waals surface area contributed by atoms with Crippen LogP contribution in [0, 0.1) is 0 Å². The minimum Gasteiger partial charge on any atom is -0.387 e. The van der Waals surface area contributed by atoms with Crippen molar-refractivity contribution in [2.45, 2.75) is 57.1 Å². The first-order valence-corrected chi connectivity index (χ1v) is 8.79. The third kappa shape index (κ3) is 2.45. The van der Waals surface area contributed by atoms with E-state index in [9.17, 15) is 5.11 Å². The fraction of sp³-hybridized carbons (Fsp3) is 0.500. The Bertz CT molecular complexity index is 673. The molecule has 0 aromatic heterocycles. The van der Waals surface area contributed by atoms with E-state index in [2.05, 4.69) is 35.6 Å². The van der Waals surface area contributed by atoms with Gasteiger partial charge in [-0.05, 0) is 72.5 Å². The number of rotatable bonds is 2. The molecule has 0 radical (unpaired) electrons. The highest BCUT2D eigenvalue weighted by molar-refractivity contribution is 5.90. The normalized spacial score (nSPS) is 23.2. The minimum absolute atomic E-state index is 0.207. The SMILES string of the molecule is O[C@H](c1cc2c(c3ccccc13)CCCC2)[C@@H]1CCCCN1. The molecule has 0 unspecified atom stereocenters. The molecule has 0 bridgehead atoms. The molecule has 1 aliphatic carbocycles. The van der Waals surface area contributed by atoms with Gasteiger partial charge >= 0.3 is 0 Å². The number of aryl methyl sites for hydroxylation is 2. The van der Waals surface area contributed by atoms with Gasteiger partial charge in [-0.15, -0.1) is 0 Å². The summed E-state index contributed by atoms with van der Waals surface area (Å²) in [6, 6.07) is 11.2. The molecule has 22 heavy (non-hydrogen) atoms. The highest BCUT2D eigenvalue weighted by Crippen LogP contribution is 2.36. The van der Waals surface area contributed by atoms with Crippen LogP contribution in [0.2, 0.25) is 0 Å². The second-order valence-corrected chi connectivity index (χ2v) is 6.86. The van der Waals surface area contributed by atoms with Crippen LogP contribution < -0.4 is 5.32 Å². The fourth-order valence-electron chi connectivity index (χ4n) is 4.27. The summed E-state index contributed by atoms with van der Waals surface area (Å²) in [7, 11) is 0. The molecule has 1 heterocycles. The van der Waals surface area contributed by atoms with Crippen LogP contribution in [-0.4, -0.2) is 17.7 Å². The molecular weight excluding hydrogens is 270 g/mol. The van der Waals surface area contributed by atoms with Gasteiger partial charge in [-0.1, -0.05) is 36.8 Å². The van der Waals surface area contributed by atoms with E-state index >= 15 is 0 Å². The number of fused-ring (bicyclic) bond motifs is 3. The molecule has 2 aromatic carbocycles. The topological polar surface area (TPSA) is 32.3 Å². The van der Waals surface area contributed by atoms with E-state index < -0.39 is 6.10 Å². The summed E-state index contributed by atoms with van der Waals surface area (Å²) in [6.07, 6.45) is 8.06. The molecule has 0 spiro atoms. The van der Waals surface area contributed by atoms with Crippen LogP contribution in [0.25, 0.3) is 10.8 Å². The highest BCUT2D eigenvalue weighted by Gasteiger charge is 2.26. The third-order valence-corrected chi connectivity index (χ3v) is 5.45. The number of hydrogen-bond donors (Lipinski definition) is 2. The molecule has 1 aliphatic heterocycles. The van der Waals surface area contributed by atoms with E-state index in [1.807, 2.05) is 0 Å². The molecule has 0 amide bonds. The van der Waals surface area contributed by atoms with Crippen LogP contribution >= 0.6 is 0 Å². The molecule has 2 atom stereocenters. The zero-order chi connectivity index (χ0) is 14.9. The number of benzene rings is 2. The Labute approximate surface area is 132 Å². The summed E-state index contributed by atoms with van der Waals surface area (Å²) < 4.78 is 0. The molecule has 2 nitrogen and oxygen atoms in total. The lowest BCUT2D eigenvalue weighted by atomic mass is 9.83. The van der Waals surface area contributed by atoms with Gasteiger partial charge in [0.05, 0.1) is 6.10 Å². The van der Waals surface area contributed by atoms with E-state index in [0.29, 0.717) is 0 Å². The van der Waals surface area contributed by atoms with E-state index in [0.717, 1.165) is 24.9 Å². The summed E-state index contributed by atoms with van der Waals surface area (Å²) in [5.74, 6) is 0. The van der Waals surface area contributed by atoms with Gasteiger partial charge in [-0.2, -0.15) is 0 Å². The van der Waals surface area contributed by atoms with Crippen LogP contribution in [0.3, 0.4) is 0 Å². The molecule has 2 N–H and O–H groups in total. The first kappa shape index (κ1) is 14.2. The molecule has 2 aromatic rings. The Hall–Kier alpha value is -1.38. The maximum atomic E-state index is 11.0. The maximum absolute atomic E-state index is 11.0. The monoisotopic (exact) mass is 295 g/mol. The minimum atomic E-state index is -0.391. The molecule has 1 fully saturated rings. The summed E-state index contributed by atoms with van der Waals surface area (Å²) in [5, 5.41) is 17.1. The smallest absolute Gasteiger partial charge is 0.0949 e. The van der Waals surface area contributed by atoms with Gasteiger partial charge in [-0.3, -0.25) is 0 Å². The standard InChI is InChI=1S/C20H25NO/c22-20(19-11-5-6-12-21-19)18-13-14-7-1-2-8-15(14)16-9-3-4-10-17(16)18/h3-4,9-10,13,19-22H,1-2,5-8,11-12H2/t19-,20+/m0/s1. The molecule has 116 valence electrons. The summed E-state index contributed by atoms with van der Waals surface area (Å²) >= 11 is 0. The van der Waals surface area contributed by atoms with Gasteiger partial charge in [0.1, 0.15) is 0 Å². The average molecular weight is 295 g/mol. The molecule has 0 saturated carbocycles. The molecule has 1 saturated heterocycles. The van der Waals surface area contributed by atoms with Crippen molar-refractivity contribution in [3.8, 4) is 0 Å². The van der Waals surface area contributed by atoms with Crippen molar-refractivity contribution < 1.29 is 5.11 Å². The van der Waals surface area contributed by atoms with Gasteiger partial charge < -0.3 is 10.4 Å². The van der Waals surface area contributed by atoms with Crippen molar-refractivity contribution in [1.82, 2.24) is 5.32 Å². The van der Waals surface area contributed by atoms with Gasteiger partial charge in [0.2, 0.25) is 0 Å². The number of aliphatic hydroxyl groups excluding tert-OH is 1. The Kier molecular flexibility index (Phi) is 3.89. The Morgan fingerprint density at radius 1 is 1.00 bits per heavy atom. The highest BCUT2D eigenvalue weighted by atomic mass is 16.3. The zero-order valence-corrected chi connectivity index (χ0v) is 13.1. The Morgan fingerprint density at radius 2 is 1.82 bits per heavy atom. The second-order valence-electron chi connectivity index (χ2n) is 6.86. The molecular formula is C20H25NO. The lowest BCUT2D eigenvalue weighted by Gasteiger charge is -2.30. The third-order valence-electron chi connectivity index (χ3n) is 5.45. The lowest BCUT2D eigenvalue weighted by Crippen LogP contribution is -2.38. The summed E-state index contributed by atoms with van der Waals surface area (Å²) in [6.45, 7) is 1.03. The first-order valence-electron chi connectivity index (χ1n) is 8.79. The predicted octanol–water partition coefficient (Wildman–Crippen LogP) is 3.89. The number of piperidine rings is 1. The van der Waals surface area contributed by atoms with E-state index in [1.54, 1.807) is 0 Å². The summed E-state index contributed by atoms with van der Waals surface area (Å²) in [5.41, 5.74) is 4.12. The summed E-state index contributed by atoms with van der Waals surface area (Å²) in [4.78, 5) is 0. The lowest BCUT2D eigenvalue weighted by molar-refractivity contribution is 0.115. The second kappa shape index (κ2) is 6.02. The average Bonchev–Trinajstić information content (AvgIpc) is 2.61. The van der Waals surface area contributed by atoms with Crippen LogP contribution in [0.15, 0.2) is 30.3 Å². The Balaban J connectivity index is 1.82. The fourth-order valence-corrected chi connectivity index (χ4v) is 4.27. The van der Waals surface area contributed by atoms with Gasteiger partial charge in [0.25, 0.3) is 0 Å². The zero-order valence-electron chi connectivity index (χ0n) is 13.1. The quantitative estimate of drug-likeness (QED) is 0.881. The van der Waals surface area contributed by atoms with Crippen LogP contribution in [0.5, 0.6) is 0 Å². The van der Waals surface area contributed by atoms with Crippen molar-refractivity contribution >= 4 is 10.8 Å². The first-order chi connectivity index (χ1) is 10.8. The Morgan fingerprint density at radius 3 is 2.64 bits per heavy atom. The van der Waals surface area contributed by atoms with E-state index in [1.165, 1.54) is 54.0 Å². The van der Waals surface area contributed by atoms with E-state index in [4.69, 9.17) is 0 Å². The van der Waals surface area contributed by atoms with Crippen LogP contribution in [0.4, 0.5) is 0 Å². The van der Waals surface area contributed by atoms with Crippen molar-refractivity contribution in [3.63, 3.8) is 0 Å². The molecule has 4 rings (SSSR count). The van der Waals surface area contributed by atoms with Gasteiger partial charge in [0, 0.05) is 6.04 Å². The van der Waals surface area contributed by atoms with Crippen molar-refractivity contribution in [1.29, 1.82) is 0 Å². The largest absolute Gasteiger partial charge is 0.387 e. The van der Waals surface area contributed by atoms with Crippen LogP contribution in [0.1, 0.15) is 54.9 Å². The van der Waals surface area contributed by atoms with Crippen LogP contribution in [-0.2, 0) is 12.8 Å². The van der Waals surface area contributed by atoms with Gasteiger partial charge in [-0.25, -0.2) is 0 Å². The van der Waals surface area contributed by atoms with Crippen molar-refractivity contribution in [2.24, 2.45) is 0 Å². The number of hydrogen-bond acceptors (Lipinski definition) is 2. The van der Waals surface area contributed by atoms with Crippen molar-refractivity contribution in [3.05, 3.63) is 47.0 Å². The van der Waals surface area contributed by atoms with E-state index in [-0.39, 0.29) is 6.04 Å². The maximum Gasteiger partial charge on any atom is 0.0949 e. The predicted molar refractivity (Wildman–Crippen MR) is 91.2 cm³/mol. The molecule has 2 heteroatoms. The number of aliphatic hydroxyl groups is 1. The van der Waals surface area contributed by atoms with Gasteiger partial charge in [0.15, 0.2) is 0 Å².